The predicted octanol–water partition coefficient (Wildman–Crippen LogP) is 2.37. The largest absolute Gasteiger partial charge is 0.377 e. The second kappa shape index (κ2) is 7.79. The Balaban J connectivity index is 1.93. The van der Waals surface area contributed by atoms with Crippen LogP contribution in [0.4, 0.5) is 5.88 Å². The Hall–Kier alpha value is -2.23. The number of aryl methyl sites for hydroxylation is 2. The highest BCUT2D eigenvalue weighted by Gasteiger charge is 2.24. The number of carbonyl (C=O) groups is 1. The van der Waals surface area contributed by atoms with Crippen LogP contribution in [0.25, 0.3) is 11.1 Å². The van der Waals surface area contributed by atoms with Crippen LogP contribution in [0.3, 0.4) is 0 Å². The van der Waals surface area contributed by atoms with Crippen molar-refractivity contribution < 1.29 is 22.5 Å². The highest BCUT2D eigenvalue weighted by molar-refractivity contribution is 7.89. The van der Waals surface area contributed by atoms with Crippen molar-refractivity contribution in [2.75, 3.05) is 18.5 Å². The summed E-state index contributed by atoms with van der Waals surface area (Å²) in [6.07, 6.45) is 1.70. The van der Waals surface area contributed by atoms with Crippen LogP contribution in [-0.2, 0) is 19.6 Å². The Labute approximate surface area is 158 Å². The molecule has 2 aromatic rings. The van der Waals surface area contributed by atoms with E-state index in [9.17, 15) is 13.2 Å². The molecular weight excluding hydrogens is 370 g/mol. The topological polar surface area (TPSA) is 111 Å². The maximum Gasteiger partial charge on any atom is 0.240 e. The summed E-state index contributed by atoms with van der Waals surface area (Å²) in [4.78, 5) is 11.6. The zero-order valence-electron chi connectivity index (χ0n) is 15.5. The zero-order chi connectivity index (χ0) is 19.6. The lowest BCUT2D eigenvalue weighted by molar-refractivity contribution is -0.114. The van der Waals surface area contributed by atoms with E-state index in [0.29, 0.717) is 29.0 Å². The smallest absolute Gasteiger partial charge is 0.240 e. The summed E-state index contributed by atoms with van der Waals surface area (Å²) < 4.78 is 38.9. The van der Waals surface area contributed by atoms with Crippen LogP contribution in [-0.4, -0.2) is 38.7 Å². The number of nitrogens with zero attached hydrogens (tertiary/aromatic N) is 1. The predicted molar refractivity (Wildman–Crippen MR) is 99.9 cm³/mol. The van der Waals surface area contributed by atoms with Crippen molar-refractivity contribution in [3.63, 3.8) is 0 Å². The van der Waals surface area contributed by atoms with E-state index in [1.54, 1.807) is 32.0 Å². The van der Waals surface area contributed by atoms with Gasteiger partial charge in [-0.2, -0.15) is 0 Å². The second-order valence-electron chi connectivity index (χ2n) is 6.62. The van der Waals surface area contributed by atoms with Gasteiger partial charge in [-0.05, 0) is 43.9 Å². The lowest BCUT2D eigenvalue weighted by atomic mass is 10.0. The minimum atomic E-state index is -3.71. The van der Waals surface area contributed by atoms with Crippen molar-refractivity contribution in [1.82, 2.24) is 9.88 Å². The normalized spacial score (nSPS) is 17.2. The number of rotatable bonds is 6. The molecule has 146 valence electrons. The molecule has 1 aromatic heterocycles. The lowest BCUT2D eigenvalue weighted by Gasteiger charge is -2.14. The maximum absolute atomic E-state index is 12.8. The van der Waals surface area contributed by atoms with Crippen molar-refractivity contribution in [2.45, 2.75) is 44.6 Å². The molecule has 2 heterocycles. The van der Waals surface area contributed by atoms with Crippen LogP contribution in [0, 0.1) is 13.8 Å². The molecule has 8 nitrogen and oxygen atoms in total. The van der Waals surface area contributed by atoms with Gasteiger partial charge in [0.25, 0.3) is 0 Å². The van der Waals surface area contributed by atoms with E-state index in [2.05, 4.69) is 15.2 Å². The zero-order valence-corrected chi connectivity index (χ0v) is 16.4. The van der Waals surface area contributed by atoms with Gasteiger partial charge in [-0.1, -0.05) is 17.3 Å². The molecule has 3 rings (SSSR count). The van der Waals surface area contributed by atoms with Gasteiger partial charge in [0, 0.05) is 20.1 Å². The molecule has 0 spiro atoms. The first-order valence-corrected chi connectivity index (χ1v) is 10.2. The molecule has 0 unspecified atom stereocenters. The Bertz CT molecular complexity index is 946. The molecule has 27 heavy (non-hydrogen) atoms. The standard InChI is InChI=1S/C18H23N3O5S/c1-11-6-7-14(17-12(2)21-26-18(17)20-13(3)22)9-16(11)27(23,24)19-10-15-5-4-8-25-15/h6-7,9,15,19H,4-5,8,10H2,1-3H3,(H,20,22)/t15-/m1/s1. The molecule has 0 saturated carbocycles. The number of nitrogens with one attached hydrogen (secondary N) is 2. The number of anilines is 1. The van der Waals surface area contributed by atoms with Crippen molar-refractivity contribution in [2.24, 2.45) is 0 Å². The summed E-state index contributed by atoms with van der Waals surface area (Å²) in [6.45, 7) is 5.74. The first-order chi connectivity index (χ1) is 12.8. The van der Waals surface area contributed by atoms with Crippen LogP contribution < -0.4 is 10.0 Å². The number of amides is 1. The fourth-order valence-electron chi connectivity index (χ4n) is 3.09. The van der Waals surface area contributed by atoms with Gasteiger partial charge in [-0.25, -0.2) is 13.1 Å². The number of ether oxygens (including phenoxy) is 1. The van der Waals surface area contributed by atoms with E-state index >= 15 is 0 Å². The Morgan fingerprint density at radius 3 is 2.78 bits per heavy atom. The minimum Gasteiger partial charge on any atom is -0.377 e. The van der Waals surface area contributed by atoms with Crippen LogP contribution >= 0.6 is 0 Å². The number of hydrogen-bond donors (Lipinski definition) is 2. The first-order valence-electron chi connectivity index (χ1n) is 8.74. The molecule has 1 aliphatic rings. The van der Waals surface area contributed by atoms with E-state index in [1.165, 1.54) is 6.92 Å². The van der Waals surface area contributed by atoms with Gasteiger partial charge < -0.3 is 9.26 Å². The van der Waals surface area contributed by atoms with Gasteiger partial charge in [0.05, 0.1) is 22.3 Å². The Morgan fingerprint density at radius 2 is 2.11 bits per heavy atom. The second-order valence-corrected chi connectivity index (χ2v) is 8.36. The third-order valence-electron chi connectivity index (χ3n) is 4.44. The maximum atomic E-state index is 12.8. The van der Waals surface area contributed by atoms with Gasteiger partial charge in [0.2, 0.25) is 21.8 Å². The third-order valence-corrected chi connectivity index (χ3v) is 6.01. The fourth-order valence-corrected chi connectivity index (χ4v) is 4.42. The van der Waals surface area contributed by atoms with Crippen molar-refractivity contribution in [1.29, 1.82) is 0 Å². The molecule has 1 atom stereocenters. The van der Waals surface area contributed by atoms with Gasteiger partial charge >= 0.3 is 0 Å². The van der Waals surface area contributed by atoms with Crippen LogP contribution in [0.2, 0.25) is 0 Å². The first kappa shape index (κ1) is 19.5. The molecule has 1 aliphatic heterocycles. The van der Waals surface area contributed by atoms with Crippen molar-refractivity contribution >= 4 is 21.8 Å². The van der Waals surface area contributed by atoms with Gasteiger partial charge in [0.15, 0.2) is 0 Å². The number of sulfonamides is 1. The average molecular weight is 393 g/mol. The molecule has 0 aliphatic carbocycles. The van der Waals surface area contributed by atoms with Gasteiger partial charge in [-0.3, -0.25) is 10.1 Å². The van der Waals surface area contributed by atoms with Gasteiger partial charge in [-0.15, -0.1) is 0 Å². The number of hydrogen-bond acceptors (Lipinski definition) is 6. The molecule has 0 bridgehead atoms. The van der Waals surface area contributed by atoms with E-state index < -0.39 is 10.0 Å². The Kier molecular flexibility index (Phi) is 5.64. The van der Waals surface area contributed by atoms with E-state index in [0.717, 1.165) is 12.8 Å². The van der Waals surface area contributed by atoms with Crippen molar-refractivity contribution in [3.05, 3.63) is 29.5 Å². The average Bonchev–Trinajstić information content (AvgIpc) is 3.23. The van der Waals surface area contributed by atoms with Crippen LogP contribution in [0.5, 0.6) is 0 Å². The third kappa shape index (κ3) is 4.37. The summed E-state index contributed by atoms with van der Waals surface area (Å²) in [5.41, 5.74) is 2.33. The van der Waals surface area contributed by atoms with Crippen LogP contribution in [0.1, 0.15) is 31.0 Å². The number of carbonyl (C=O) groups excluding carboxylic acids is 1. The van der Waals surface area contributed by atoms with E-state index in [-0.39, 0.29) is 29.3 Å². The molecule has 2 N–H and O–H groups in total. The lowest BCUT2D eigenvalue weighted by Crippen LogP contribution is -2.32. The molecule has 0 radical (unpaired) electrons. The number of benzene rings is 1. The molecular formula is C18H23N3O5S. The Morgan fingerprint density at radius 1 is 1.33 bits per heavy atom. The fraction of sp³-hybridized carbons (Fsp3) is 0.444. The van der Waals surface area contributed by atoms with Gasteiger partial charge in [0.1, 0.15) is 0 Å². The van der Waals surface area contributed by atoms with E-state index in [4.69, 9.17) is 9.26 Å². The molecule has 1 fully saturated rings. The highest BCUT2D eigenvalue weighted by Crippen LogP contribution is 2.33. The highest BCUT2D eigenvalue weighted by atomic mass is 32.2. The summed E-state index contributed by atoms with van der Waals surface area (Å²) in [5, 5.41) is 6.46. The summed E-state index contributed by atoms with van der Waals surface area (Å²) in [5.74, 6) is -0.106. The summed E-state index contributed by atoms with van der Waals surface area (Å²) in [7, 11) is -3.71. The summed E-state index contributed by atoms with van der Waals surface area (Å²) >= 11 is 0. The number of aromatic nitrogens is 1. The SMILES string of the molecule is CC(=O)Nc1onc(C)c1-c1ccc(C)c(S(=O)(=O)NC[C@H]2CCCO2)c1. The summed E-state index contributed by atoms with van der Waals surface area (Å²) in [6, 6.07) is 5.07. The van der Waals surface area contributed by atoms with Crippen molar-refractivity contribution in [3.8, 4) is 11.1 Å². The van der Waals surface area contributed by atoms with E-state index in [1.807, 2.05) is 0 Å². The minimum absolute atomic E-state index is 0.0880. The molecule has 9 heteroatoms. The monoisotopic (exact) mass is 393 g/mol. The quantitative estimate of drug-likeness (QED) is 0.780. The van der Waals surface area contributed by atoms with Crippen LogP contribution in [0.15, 0.2) is 27.6 Å². The molecule has 1 aromatic carbocycles. The molecule has 1 amide bonds. The molecule has 1 saturated heterocycles.